The number of fused-ring (bicyclic) bond motifs is 1. The van der Waals surface area contributed by atoms with Gasteiger partial charge in [0.25, 0.3) is 0 Å². The summed E-state index contributed by atoms with van der Waals surface area (Å²) in [5, 5.41) is 18.0. The number of amides is 3. The molecular weight excluding hydrogens is 585 g/mol. The third-order valence-electron chi connectivity index (χ3n) is 7.27. The van der Waals surface area contributed by atoms with E-state index in [1.54, 1.807) is 14.1 Å². The van der Waals surface area contributed by atoms with Crippen LogP contribution in [0.1, 0.15) is 38.7 Å². The third-order valence-corrected chi connectivity index (χ3v) is 9.19. The number of carbonyl (C=O) groups excluding carboxylic acids is 2. The Labute approximate surface area is 259 Å². The number of rotatable bonds is 15. The summed E-state index contributed by atoms with van der Waals surface area (Å²) < 4.78 is 41.9. The maximum atomic E-state index is 13.7. The molecule has 0 aromatic heterocycles. The molecule has 0 aliphatic rings. The first-order chi connectivity index (χ1) is 20.8. The van der Waals surface area contributed by atoms with Crippen LogP contribution in [-0.2, 0) is 21.2 Å². The van der Waals surface area contributed by atoms with Crippen LogP contribution in [0.25, 0.3) is 10.8 Å². The smallest absolute Gasteiger partial charge is 0.317 e. The van der Waals surface area contributed by atoms with Gasteiger partial charge in [0, 0.05) is 39.6 Å². The van der Waals surface area contributed by atoms with E-state index in [9.17, 15) is 27.5 Å². The molecule has 0 fully saturated rings. The van der Waals surface area contributed by atoms with Crippen LogP contribution in [-0.4, -0.2) is 80.5 Å². The molecular formula is C32H44FN5O5S. The maximum Gasteiger partial charge on any atom is 0.317 e. The number of benzene rings is 3. The molecule has 3 aromatic rings. The van der Waals surface area contributed by atoms with Crippen molar-refractivity contribution >= 4 is 38.4 Å². The number of anilines is 1. The van der Waals surface area contributed by atoms with Gasteiger partial charge in [-0.15, -0.1) is 0 Å². The second kappa shape index (κ2) is 15.8. The van der Waals surface area contributed by atoms with Crippen molar-refractivity contribution in [3.8, 4) is 0 Å². The van der Waals surface area contributed by atoms with E-state index in [1.165, 1.54) is 15.3 Å². The second-order valence-corrected chi connectivity index (χ2v) is 13.4. The van der Waals surface area contributed by atoms with Gasteiger partial charge < -0.3 is 26.4 Å². The molecule has 2 atom stereocenters. The molecule has 5 N–H and O–H groups in total. The molecule has 3 rings (SSSR count). The van der Waals surface area contributed by atoms with Gasteiger partial charge in [-0.25, -0.2) is 17.6 Å². The number of aliphatic hydroxyl groups excluding tert-OH is 1. The molecule has 0 heterocycles. The fourth-order valence-corrected chi connectivity index (χ4v) is 6.72. The number of unbranched alkanes of at least 4 members (excludes halogenated alkanes) is 1. The molecule has 0 bridgehead atoms. The molecule has 0 aliphatic heterocycles. The van der Waals surface area contributed by atoms with E-state index >= 15 is 0 Å². The van der Waals surface area contributed by atoms with Gasteiger partial charge in [0.2, 0.25) is 15.9 Å². The molecule has 3 aromatic carbocycles. The first-order valence-corrected chi connectivity index (χ1v) is 16.2. The molecule has 0 saturated carbocycles. The number of halogens is 1. The van der Waals surface area contributed by atoms with Gasteiger partial charge in [-0.1, -0.05) is 62.7 Å². The zero-order valence-electron chi connectivity index (χ0n) is 25.8. The number of carbonyl (C=O) groups is 2. The number of hydrogen-bond acceptors (Lipinski definition) is 6. The minimum Gasteiger partial charge on any atom is -0.396 e. The predicted octanol–water partition coefficient (Wildman–Crippen LogP) is 3.74. The Morgan fingerprint density at radius 3 is 2.34 bits per heavy atom. The minimum absolute atomic E-state index is 0.0344. The molecule has 0 saturated heterocycles. The van der Waals surface area contributed by atoms with Gasteiger partial charge in [0.1, 0.15) is 11.9 Å². The Morgan fingerprint density at radius 1 is 1.00 bits per heavy atom. The monoisotopic (exact) mass is 629 g/mol. The fourth-order valence-electron chi connectivity index (χ4n) is 4.88. The van der Waals surface area contributed by atoms with Crippen molar-refractivity contribution in [3.63, 3.8) is 0 Å². The number of nitrogens with zero attached hydrogens (tertiary/aromatic N) is 2. The predicted molar refractivity (Wildman–Crippen MR) is 171 cm³/mol. The average molecular weight is 630 g/mol. The number of nitrogen functional groups attached to an aromatic ring is 1. The summed E-state index contributed by atoms with van der Waals surface area (Å²) in [4.78, 5) is 26.8. The van der Waals surface area contributed by atoms with Crippen LogP contribution in [0, 0.1) is 11.7 Å². The zero-order valence-corrected chi connectivity index (χ0v) is 26.6. The summed E-state index contributed by atoms with van der Waals surface area (Å²) in [5.41, 5.74) is 6.26. The van der Waals surface area contributed by atoms with Crippen LogP contribution in [0.5, 0.6) is 0 Å². The highest BCUT2D eigenvalue weighted by atomic mass is 32.2. The lowest BCUT2D eigenvalue weighted by atomic mass is 10.0. The first kappa shape index (κ1) is 34.7. The second-order valence-electron chi connectivity index (χ2n) is 11.6. The highest BCUT2D eigenvalue weighted by Gasteiger charge is 2.32. The van der Waals surface area contributed by atoms with E-state index < -0.39 is 34.5 Å². The van der Waals surface area contributed by atoms with Crippen molar-refractivity contribution in [1.29, 1.82) is 0 Å². The van der Waals surface area contributed by atoms with E-state index in [2.05, 4.69) is 10.6 Å². The number of hydrogen-bond donors (Lipinski definition) is 4. The summed E-state index contributed by atoms with van der Waals surface area (Å²) >= 11 is 0. The highest BCUT2D eigenvalue weighted by Crippen LogP contribution is 2.25. The summed E-state index contributed by atoms with van der Waals surface area (Å²) in [7, 11) is -0.858. The Bertz CT molecular complexity index is 1530. The number of nitrogens with one attached hydrogen (secondary N) is 2. The lowest BCUT2D eigenvalue weighted by Crippen LogP contribution is -2.51. The fraction of sp³-hybridized carbons (Fsp3) is 0.438. The SMILES string of the molecule is CC(C)CN(C(CO)CCCCNC(=O)C(Cc1ccc2ccccc2c1)NC(=O)N(C)C)S(=O)(=O)c1ccc(F)c(N)c1. The van der Waals surface area contributed by atoms with E-state index in [4.69, 9.17) is 5.73 Å². The Kier molecular flexibility index (Phi) is 12.5. The Balaban J connectivity index is 1.63. The number of aliphatic hydroxyl groups is 1. The molecule has 3 amide bonds. The van der Waals surface area contributed by atoms with E-state index in [0.717, 1.165) is 28.5 Å². The summed E-state index contributed by atoms with van der Waals surface area (Å²) in [6, 6.07) is 15.2. The van der Waals surface area contributed by atoms with Crippen molar-refractivity contribution in [2.75, 3.05) is 39.5 Å². The largest absolute Gasteiger partial charge is 0.396 e. The molecule has 10 nitrogen and oxygen atoms in total. The van der Waals surface area contributed by atoms with Crippen molar-refractivity contribution in [3.05, 3.63) is 72.0 Å². The lowest BCUT2D eigenvalue weighted by Gasteiger charge is -2.31. The Hall–Kier alpha value is -3.74. The van der Waals surface area contributed by atoms with Crippen molar-refractivity contribution in [1.82, 2.24) is 19.8 Å². The molecule has 0 radical (unpaired) electrons. The van der Waals surface area contributed by atoms with Crippen molar-refractivity contribution in [2.24, 2.45) is 5.92 Å². The lowest BCUT2D eigenvalue weighted by molar-refractivity contribution is -0.122. The summed E-state index contributed by atoms with van der Waals surface area (Å²) in [5.74, 6) is -1.07. The van der Waals surface area contributed by atoms with Crippen LogP contribution >= 0.6 is 0 Å². The summed E-state index contributed by atoms with van der Waals surface area (Å²) in [6.45, 7) is 3.79. The van der Waals surface area contributed by atoms with Gasteiger partial charge >= 0.3 is 6.03 Å². The van der Waals surface area contributed by atoms with Gasteiger partial charge in [0.15, 0.2) is 0 Å². The van der Waals surface area contributed by atoms with Crippen LogP contribution in [0.15, 0.2) is 65.6 Å². The van der Waals surface area contributed by atoms with Crippen LogP contribution in [0.2, 0.25) is 0 Å². The molecule has 12 heteroatoms. The van der Waals surface area contributed by atoms with Gasteiger partial charge in [-0.2, -0.15) is 4.31 Å². The minimum atomic E-state index is -4.06. The Morgan fingerprint density at radius 2 is 1.70 bits per heavy atom. The topological polar surface area (TPSA) is 145 Å². The first-order valence-electron chi connectivity index (χ1n) is 14.7. The average Bonchev–Trinajstić information content (AvgIpc) is 2.98. The van der Waals surface area contributed by atoms with Crippen molar-refractivity contribution in [2.45, 2.75) is 56.5 Å². The zero-order chi connectivity index (χ0) is 32.4. The normalized spacial score (nSPS) is 13.2. The van der Waals surface area contributed by atoms with Gasteiger partial charge in [-0.3, -0.25) is 4.79 Å². The van der Waals surface area contributed by atoms with Gasteiger partial charge in [-0.05, 0) is 53.3 Å². The van der Waals surface area contributed by atoms with E-state index in [1.807, 2.05) is 56.3 Å². The van der Waals surface area contributed by atoms with Crippen LogP contribution < -0.4 is 16.4 Å². The quantitative estimate of drug-likeness (QED) is 0.149. The third kappa shape index (κ3) is 9.38. The molecule has 0 spiro atoms. The number of urea groups is 1. The molecule has 0 aliphatic carbocycles. The molecule has 44 heavy (non-hydrogen) atoms. The standard InChI is InChI=1S/C32H44FN5O5S/c1-22(2)20-38(44(42,43)27-14-15-28(33)29(34)19-27)26(21-39)11-7-8-16-35-31(40)30(36-32(41)37(3)4)18-23-12-13-24-9-5-6-10-25(24)17-23/h5-6,9-10,12-15,17,19,22,26,30,39H,7-8,11,16,18,20-21,34H2,1-4H3,(H,35,40)(H,36,41). The number of sulfonamides is 1. The molecule has 240 valence electrons. The van der Waals surface area contributed by atoms with E-state index in [0.29, 0.717) is 32.2 Å². The van der Waals surface area contributed by atoms with Crippen molar-refractivity contribution < 1.29 is 27.5 Å². The van der Waals surface area contributed by atoms with Gasteiger partial charge in [0.05, 0.1) is 17.2 Å². The highest BCUT2D eigenvalue weighted by molar-refractivity contribution is 7.89. The maximum absolute atomic E-state index is 13.7. The van der Waals surface area contributed by atoms with E-state index in [-0.39, 0.29) is 35.0 Å². The molecule has 2 unspecified atom stereocenters. The van der Waals surface area contributed by atoms with Crippen LogP contribution in [0.4, 0.5) is 14.9 Å². The summed E-state index contributed by atoms with van der Waals surface area (Å²) in [6.07, 6.45) is 1.68. The van der Waals surface area contributed by atoms with Crippen LogP contribution in [0.3, 0.4) is 0 Å². The number of nitrogens with two attached hydrogens (primary N) is 1.